The van der Waals surface area contributed by atoms with E-state index in [1.54, 1.807) is 0 Å². The van der Waals surface area contributed by atoms with E-state index in [0.29, 0.717) is 11.9 Å². The third kappa shape index (κ3) is 1.50. The van der Waals surface area contributed by atoms with Gasteiger partial charge in [-0.05, 0) is 31.9 Å². The van der Waals surface area contributed by atoms with Gasteiger partial charge in [-0.3, -0.25) is 0 Å². The van der Waals surface area contributed by atoms with Crippen LogP contribution in [0.15, 0.2) is 24.4 Å². The largest absolute Gasteiger partial charge is 0.494 e. The van der Waals surface area contributed by atoms with E-state index >= 15 is 0 Å². The van der Waals surface area contributed by atoms with Crippen molar-refractivity contribution in [3.8, 4) is 5.88 Å². The second-order valence-corrected chi connectivity index (χ2v) is 4.15. The fourth-order valence-corrected chi connectivity index (χ4v) is 1.92. The van der Waals surface area contributed by atoms with Gasteiger partial charge in [-0.1, -0.05) is 19.1 Å². The molecule has 1 atom stereocenters. The van der Waals surface area contributed by atoms with Crippen molar-refractivity contribution in [3.63, 3.8) is 0 Å². The smallest absolute Gasteiger partial charge is 0.199 e. The van der Waals surface area contributed by atoms with E-state index in [0.717, 1.165) is 17.2 Å². The van der Waals surface area contributed by atoms with E-state index in [-0.39, 0.29) is 0 Å². The van der Waals surface area contributed by atoms with Gasteiger partial charge >= 0.3 is 0 Å². The van der Waals surface area contributed by atoms with Crippen molar-refractivity contribution < 1.29 is 5.11 Å². The number of hydrogen-bond donors (Lipinski definition) is 1. The summed E-state index contributed by atoms with van der Waals surface area (Å²) in [6.45, 7) is 6.32. The minimum atomic E-state index is 0.344. The van der Waals surface area contributed by atoms with Crippen molar-refractivity contribution in [2.75, 3.05) is 0 Å². The van der Waals surface area contributed by atoms with E-state index in [1.807, 2.05) is 22.9 Å². The standard InChI is InChI=1S/C13H17NO/c1-4-10(3)14-8-12-9(2)6-5-7-11(12)13(14)15/h5-8,10,15H,4H2,1-3H3. The normalized spacial score (nSPS) is 13.3. The van der Waals surface area contributed by atoms with Crippen LogP contribution in [0.4, 0.5) is 0 Å². The second-order valence-electron chi connectivity index (χ2n) is 4.15. The summed E-state index contributed by atoms with van der Waals surface area (Å²) >= 11 is 0. The highest BCUT2D eigenvalue weighted by atomic mass is 16.3. The Hall–Kier alpha value is -1.44. The molecule has 1 aromatic carbocycles. The highest BCUT2D eigenvalue weighted by molar-refractivity contribution is 5.90. The SMILES string of the molecule is CCC(C)n1cc2c(C)cccc2c1O. The molecule has 0 aliphatic rings. The van der Waals surface area contributed by atoms with Crippen molar-refractivity contribution in [2.24, 2.45) is 0 Å². The maximum Gasteiger partial charge on any atom is 0.199 e. The van der Waals surface area contributed by atoms with Crippen LogP contribution < -0.4 is 0 Å². The maximum atomic E-state index is 10.1. The van der Waals surface area contributed by atoms with Crippen LogP contribution in [0.1, 0.15) is 31.9 Å². The highest BCUT2D eigenvalue weighted by Crippen LogP contribution is 2.32. The maximum absolute atomic E-state index is 10.1. The second kappa shape index (κ2) is 3.61. The Bertz CT molecular complexity index is 484. The van der Waals surface area contributed by atoms with Crippen LogP contribution in [0, 0.1) is 6.92 Å². The number of aromatic nitrogens is 1. The van der Waals surface area contributed by atoms with Crippen molar-refractivity contribution in [1.82, 2.24) is 4.57 Å². The Morgan fingerprint density at radius 1 is 1.33 bits per heavy atom. The van der Waals surface area contributed by atoms with Gasteiger partial charge in [-0.2, -0.15) is 0 Å². The Morgan fingerprint density at radius 2 is 2.07 bits per heavy atom. The van der Waals surface area contributed by atoms with Gasteiger partial charge in [0.1, 0.15) is 0 Å². The fourth-order valence-electron chi connectivity index (χ4n) is 1.92. The summed E-state index contributed by atoms with van der Waals surface area (Å²) in [5.41, 5.74) is 1.21. The Kier molecular flexibility index (Phi) is 2.43. The van der Waals surface area contributed by atoms with E-state index in [9.17, 15) is 5.11 Å². The Labute approximate surface area is 90.2 Å². The molecule has 0 saturated carbocycles. The summed E-state index contributed by atoms with van der Waals surface area (Å²) in [7, 11) is 0. The molecule has 15 heavy (non-hydrogen) atoms. The molecule has 2 heteroatoms. The van der Waals surface area contributed by atoms with Crippen LogP contribution in [0.3, 0.4) is 0 Å². The first kappa shape index (κ1) is 10.1. The van der Waals surface area contributed by atoms with E-state index in [2.05, 4.69) is 26.8 Å². The van der Waals surface area contributed by atoms with Crippen molar-refractivity contribution in [2.45, 2.75) is 33.2 Å². The molecule has 0 fully saturated rings. The molecule has 0 saturated heterocycles. The van der Waals surface area contributed by atoms with Crippen LogP contribution in [-0.2, 0) is 0 Å². The molecule has 2 aromatic rings. The average molecular weight is 203 g/mol. The average Bonchev–Trinajstić information content (AvgIpc) is 2.57. The van der Waals surface area contributed by atoms with Crippen LogP contribution in [0.5, 0.6) is 5.88 Å². The number of aromatic hydroxyl groups is 1. The van der Waals surface area contributed by atoms with Gasteiger partial charge in [0.25, 0.3) is 0 Å². The Morgan fingerprint density at radius 3 is 2.67 bits per heavy atom. The van der Waals surface area contributed by atoms with E-state index in [4.69, 9.17) is 0 Å². The van der Waals surface area contributed by atoms with E-state index in [1.165, 1.54) is 5.56 Å². The highest BCUT2D eigenvalue weighted by Gasteiger charge is 2.12. The van der Waals surface area contributed by atoms with Gasteiger partial charge in [0.15, 0.2) is 5.88 Å². The van der Waals surface area contributed by atoms with Gasteiger partial charge in [-0.15, -0.1) is 0 Å². The monoisotopic (exact) mass is 203 g/mol. The lowest BCUT2D eigenvalue weighted by molar-refractivity contribution is 0.391. The van der Waals surface area contributed by atoms with Gasteiger partial charge in [0, 0.05) is 23.0 Å². The number of rotatable bonds is 2. The van der Waals surface area contributed by atoms with Gasteiger partial charge in [0.2, 0.25) is 0 Å². The molecule has 1 heterocycles. The van der Waals surface area contributed by atoms with Gasteiger partial charge in [0.05, 0.1) is 0 Å². The molecule has 2 rings (SSSR count). The molecule has 1 N–H and O–H groups in total. The summed E-state index contributed by atoms with van der Waals surface area (Å²) < 4.78 is 1.96. The number of fused-ring (bicyclic) bond motifs is 1. The molecule has 0 amide bonds. The minimum Gasteiger partial charge on any atom is -0.494 e. The first-order chi connectivity index (χ1) is 7.15. The van der Waals surface area contributed by atoms with Crippen LogP contribution >= 0.6 is 0 Å². The molecule has 80 valence electrons. The first-order valence-electron chi connectivity index (χ1n) is 5.44. The fraction of sp³-hybridized carbons (Fsp3) is 0.385. The van der Waals surface area contributed by atoms with E-state index < -0.39 is 0 Å². The quantitative estimate of drug-likeness (QED) is 0.792. The number of benzene rings is 1. The van der Waals surface area contributed by atoms with Crippen molar-refractivity contribution >= 4 is 10.8 Å². The molecular formula is C13H17NO. The lowest BCUT2D eigenvalue weighted by Crippen LogP contribution is -2.00. The van der Waals surface area contributed by atoms with Crippen molar-refractivity contribution in [1.29, 1.82) is 0 Å². The predicted molar refractivity (Wildman–Crippen MR) is 63.3 cm³/mol. The molecule has 0 aliphatic carbocycles. The number of aryl methyl sites for hydroxylation is 1. The van der Waals surface area contributed by atoms with Gasteiger partial charge < -0.3 is 9.67 Å². The third-order valence-corrected chi connectivity index (χ3v) is 3.14. The van der Waals surface area contributed by atoms with Crippen molar-refractivity contribution in [3.05, 3.63) is 30.0 Å². The lowest BCUT2D eigenvalue weighted by atomic mass is 10.1. The summed E-state index contributed by atoms with van der Waals surface area (Å²) in [6, 6.07) is 6.37. The number of nitrogens with zero attached hydrogens (tertiary/aromatic N) is 1. The minimum absolute atomic E-state index is 0.344. The topological polar surface area (TPSA) is 25.2 Å². The Balaban J connectivity index is 2.69. The zero-order valence-corrected chi connectivity index (χ0v) is 9.49. The first-order valence-corrected chi connectivity index (χ1v) is 5.44. The number of hydrogen-bond acceptors (Lipinski definition) is 1. The van der Waals surface area contributed by atoms with Crippen LogP contribution in [0.2, 0.25) is 0 Å². The molecular weight excluding hydrogens is 186 g/mol. The summed E-state index contributed by atoms with van der Waals surface area (Å²) in [5, 5.41) is 12.2. The predicted octanol–water partition coefficient (Wildman–Crippen LogP) is 3.63. The molecule has 0 radical (unpaired) electrons. The van der Waals surface area contributed by atoms with Crippen LogP contribution in [-0.4, -0.2) is 9.67 Å². The zero-order valence-electron chi connectivity index (χ0n) is 9.49. The molecule has 0 bridgehead atoms. The molecule has 1 aromatic heterocycles. The summed E-state index contributed by atoms with van der Waals surface area (Å²) in [5.74, 6) is 0.392. The third-order valence-electron chi connectivity index (χ3n) is 3.14. The lowest BCUT2D eigenvalue weighted by Gasteiger charge is -2.11. The molecule has 0 spiro atoms. The van der Waals surface area contributed by atoms with Gasteiger partial charge in [-0.25, -0.2) is 0 Å². The summed E-state index contributed by atoms with van der Waals surface area (Å²) in [4.78, 5) is 0. The van der Waals surface area contributed by atoms with Crippen LogP contribution in [0.25, 0.3) is 10.8 Å². The molecule has 1 unspecified atom stereocenters. The molecule has 2 nitrogen and oxygen atoms in total. The summed E-state index contributed by atoms with van der Waals surface area (Å²) in [6.07, 6.45) is 3.07. The molecule has 0 aliphatic heterocycles. The zero-order chi connectivity index (χ0) is 11.0.